The highest BCUT2D eigenvalue weighted by Gasteiger charge is 2.44. The Morgan fingerprint density at radius 1 is 0.875 bits per heavy atom. The SMILES string of the molecule is O=P(O)(O)C(CCBr)(CCCBr)CCCBr. The minimum Gasteiger partial charge on any atom is -0.324 e. The van der Waals surface area contributed by atoms with Crippen molar-refractivity contribution in [2.24, 2.45) is 0 Å². The lowest BCUT2D eigenvalue weighted by atomic mass is 9.94. The van der Waals surface area contributed by atoms with Gasteiger partial charge in [0.05, 0.1) is 5.16 Å². The zero-order valence-corrected chi connectivity index (χ0v) is 14.7. The van der Waals surface area contributed by atoms with E-state index in [9.17, 15) is 14.4 Å². The van der Waals surface area contributed by atoms with E-state index in [1.165, 1.54) is 0 Å². The lowest BCUT2D eigenvalue weighted by Crippen LogP contribution is -2.30. The topological polar surface area (TPSA) is 57.5 Å². The number of hydrogen-bond acceptors (Lipinski definition) is 1. The van der Waals surface area contributed by atoms with Crippen molar-refractivity contribution in [1.29, 1.82) is 0 Å². The first-order valence-corrected chi connectivity index (χ1v) is 10.1. The van der Waals surface area contributed by atoms with Crippen LogP contribution in [0.5, 0.6) is 0 Å². The van der Waals surface area contributed by atoms with Crippen LogP contribution in [0.4, 0.5) is 0 Å². The van der Waals surface area contributed by atoms with E-state index < -0.39 is 12.8 Å². The zero-order chi connectivity index (χ0) is 12.7. The van der Waals surface area contributed by atoms with Gasteiger partial charge in [0.15, 0.2) is 0 Å². The molecule has 0 aliphatic heterocycles. The standard InChI is InChI=1S/C9H18Br3O3P/c10-6-1-3-9(5-8-12,4-2-7-11)16(13,14)15/h1-8H2,(H2,13,14,15). The summed E-state index contributed by atoms with van der Waals surface area (Å²) < 4.78 is 11.7. The third kappa shape index (κ3) is 5.49. The van der Waals surface area contributed by atoms with Gasteiger partial charge in [-0.25, -0.2) is 0 Å². The second-order valence-electron chi connectivity index (χ2n) is 3.79. The van der Waals surface area contributed by atoms with Crippen LogP contribution in [-0.2, 0) is 4.57 Å². The van der Waals surface area contributed by atoms with Crippen LogP contribution in [-0.4, -0.2) is 30.9 Å². The molecule has 0 aromatic heterocycles. The van der Waals surface area contributed by atoms with E-state index >= 15 is 0 Å². The van der Waals surface area contributed by atoms with Crippen molar-refractivity contribution in [2.75, 3.05) is 16.0 Å². The Bertz CT molecular complexity index is 224. The number of alkyl halides is 3. The quantitative estimate of drug-likeness (QED) is 0.417. The Labute approximate surface area is 122 Å². The normalized spacial score (nSPS) is 13.1. The molecule has 0 fully saturated rings. The minimum atomic E-state index is -4.05. The van der Waals surface area contributed by atoms with Gasteiger partial charge in [0.1, 0.15) is 0 Å². The average molecular weight is 445 g/mol. The maximum Gasteiger partial charge on any atom is 0.331 e. The number of hydrogen-bond donors (Lipinski definition) is 2. The van der Waals surface area contributed by atoms with Crippen molar-refractivity contribution in [1.82, 2.24) is 0 Å². The number of halogens is 3. The smallest absolute Gasteiger partial charge is 0.324 e. The van der Waals surface area contributed by atoms with Crippen molar-refractivity contribution in [3.63, 3.8) is 0 Å². The Morgan fingerprint density at radius 2 is 1.31 bits per heavy atom. The summed E-state index contributed by atoms with van der Waals surface area (Å²) in [5, 5.41) is 1.34. The highest BCUT2D eigenvalue weighted by molar-refractivity contribution is 9.09. The van der Waals surface area contributed by atoms with Crippen molar-refractivity contribution in [3.05, 3.63) is 0 Å². The fourth-order valence-corrected chi connectivity index (χ4v) is 4.71. The van der Waals surface area contributed by atoms with Crippen LogP contribution in [0.3, 0.4) is 0 Å². The summed E-state index contributed by atoms with van der Waals surface area (Å²) in [4.78, 5) is 19.1. The summed E-state index contributed by atoms with van der Waals surface area (Å²) in [5.41, 5.74) is 0. The van der Waals surface area contributed by atoms with Gasteiger partial charge in [-0.15, -0.1) is 0 Å². The maximum absolute atomic E-state index is 11.7. The van der Waals surface area contributed by atoms with E-state index in [0.29, 0.717) is 24.6 Å². The largest absolute Gasteiger partial charge is 0.331 e. The van der Waals surface area contributed by atoms with Gasteiger partial charge in [-0.2, -0.15) is 0 Å². The van der Waals surface area contributed by atoms with E-state index in [1.54, 1.807) is 0 Å². The molecule has 0 saturated heterocycles. The molecular weight excluding hydrogens is 427 g/mol. The second-order valence-corrected chi connectivity index (χ2v) is 8.21. The lowest BCUT2D eigenvalue weighted by molar-refractivity contribution is 0.300. The van der Waals surface area contributed by atoms with Crippen LogP contribution in [0.15, 0.2) is 0 Å². The molecule has 0 amide bonds. The molecule has 3 nitrogen and oxygen atoms in total. The van der Waals surface area contributed by atoms with Crippen LogP contribution < -0.4 is 0 Å². The Hall–Kier alpha value is 1.59. The first-order valence-electron chi connectivity index (χ1n) is 5.17. The van der Waals surface area contributed by atoms with Gasteiger partial charge in [-0.1, -0.05) is 47.8 Å². The Morgan fingerprint density at radius 3 is 1.56 bits per heavy atom. The van der Waals surface area contributed by atoms with Crippen LogP contribution in [0, 0.1) is 0 Å². The van der Waals surface area contributed by atoms with Gasteiger partial charge in [0, 0.05) is 16.0 Å². The van der Waals surface area contributed by atoms with Crippen LogP contribution in [0.25, 0.3) is 0 Å². The molecule has 98 valence electrons. The van der Waals surface area contributed by atoms with Crippen LogP contribution >= 0.6 is 55.4 Å². The molecule has 0 atom stereocenters. The zero-order valence-electron chi connectivity index (χ0n) is 9.04. The van der Waals surface area contributed by atoms with Crippen LogP contribution in [0.2, 0.25) is 0 Å². The van der Waals surface area contributed by atoms with Crippen molar-refractivity contribution in [3.8, 4) is 0 Å². The van der Waals surface area contributed by atoms with Crippen molar-refractivity contribution in [2.45, 2.75) is 37.3 Å². The summed E-state index contributed by atoms with van der Waals surface area (Å²) in [6.07, 6.45) is 3.25. The van der Waals surface area contributed by atoms with Crippen molar-refractivity contribution < 1.29 is 14.4 Å². The van der Waals surface area contributed by atoms with Gasteiger partial charge in [0.25, 0.3) is 0 Å². The highest BCUT2D eigenvalue weighted by Crippen LogP contribution is 2.57. The summed E-state index contributed by atoms with van der Waals surface area (Å²) in [5.74, 6) is 0. The lowest BCUT2D eigenvalue weighted by Gasteiger charge is -2.34. The molecule has 0 unspecified atom stereocenters. The molecule has 0 aliphatic carbocycles. The second kappa shape index (κ2) is 8.65. The maximum atomic E-state index is 11.7. The molecule has 2 N–H and O–H groups in total. The molecule has 0 aromatic rings. The molecule has 0 rings (SSSR count). The molecule has 0 radical (unpaired) electrons. The predicted octanol–water partition coefficient (Wildman–Crippen LogP) is 4.04. The molecule has 7 heteroatoms. The molecule has 0 bridgehead atoms. The minimum absolute atomic E-state index is 0.525. The summed E-state index contributed by atoms with van der Waals surface area (Å²) in [7, 11) is -4.05. The van der Waals surface area contributed by atoms with Gasteiger partial charge in [0.2, 0.25) is 0 Å². The average Bonchev–Trinajstić information content (AvgIpc) is 2.20. The molecule has 16 heavy (non-hydrogen) atoms. The molecule has 0 saturated carbocycles. The Balaban J connectivity index is 4.81. The van der Waals surface area contributed by atoms with E-state index in [4.69, 9.17) is 0 Å². The summed E-state index contributed by atoms with van der Waals surface area (Å²) >= 11 is 9.92. The molecule has 0 heterocycles. The fraction of sp³-hybridized carbons (Fsp3) is 1.00. The van der Waals surface area contributed by atoms with Gasteiger partial charge in [-0.3, -0.25) is 4.57 Å². The van der Waals surface area contributed by atoms with Crippen molar-refractivity contribution >= 4 is 55.4 Å². The Kier molecular flexibility index (Phi) is 9.51. The summed E-state index contributed by atoms with van der Waals surface area (Å²) in [6, 6.07) is 0. The predicted molar refractivity (Wildman–Crippen MR) is 79.2 cm³/mol. The van der Waals surface area contributed by atoms with Crippen LogP contribution in [0.1, 0.15) is 32.1 Å². The first-order chi connectivity index (χ1) is 7.43. The fourth-order valence-electron chi connectivity index (χ4n) is 1.78. The number of rotatable bonds is 9. The highest BCUT2D eigenvalue weighted by atomic mass is 79.9. The third-order valence-corrected chi connectivity index (χ3v) is 6.15. The summed E-state index contributed by atoms with van der Waals surface area (Å²) in [6.45, 7) is 0. The molecular formula is C9H18Br3O3P. The van der Waals surface area contributed by atoms with Gasteiger partial charge >= 0.3 is 7.60 Å². The van der Waals surface area contributed by atoms with E-state index in [1.807, 2.05) is 0 Å². The third-order valence-electron chi connectivity index (χ3n) is 2.73. The monoisotopic (exact) mass is 442 g/mol. The van der Waals surface area contributed by atoms with Gasteiger partial charge < -0.3 is 9.79 Å². The van der Waals surface area contributed by atoms with E-state index in [0.717, 1.165) is 23.5 Å². The molecule has 0 aliphatic rings. The molecule has 0 spiro atoms. The van der Waals surface area contributed by atoms with E-state index in [-0.39, 0.29) is 0 Å². The first kappa shape index (κ1) is 17.6. The van der Waals surface area contributed by atoms with Gasteiger partial charge in [-0.05, 0) is 32.1 Å². The molecule has 0 aromatic carbocycles. The van der Waals surface area contributed by atoms with E-state index in [2.05, 4.69) is 47.8 Å².